The number of carboxylic acids is 2. The minimum absolute atomic E-state index is 0.124. The molecule has 1 N–H and O–H groups in total. The van der Waals surface area contributed by atoms with Gasteiger partial charge in [0.2, 0.25) is 21.4 Å². The number of fused-ring (bicyclic) bond motifs is 4. The lowest BCUT2D eigenvalue weighted by molar-refractivity contribution is -0.648. The number of carbonyl (C=O) groups is 2. The molecule has 0 bridgehead atoms. The Labute approximate surface area is 299 Å². The van der Waals surface area contributed by atoms with Crippen molar-refractivity contribution in [2.24, 2.45) is 0 Å². The number of benzene rings is 4. The molecule has 1 aliphatic rings. The second-order valence-electron chi connectivity index (χ2n) is 11.1. The van der Waals surface area contributed by atoms with Gasteiger partial charge in [-0.1, -0.05) is 59.0 Å². The smallest absolute Gasteiger partial charge is 0.266 e. The van der Waals surface area contributed by atoms with Gasteiger partial charge in [-0.3, -0.25) is 0 Å². The number of thiazole rings is 1. The van der Waals surface area contributed by atoms with Gasteiger partial charge in [-0.05, 0) is 66.9 Å². The maximum absolute atomic E-state index is 13.5. The van der Waals surface area contributed by atoms with Crippen molar-refractivity contribution in [2.45, 2.75) is 28.6 Å². The molecule has 260 valence electrons. The van der Waals surface area contributed by atoms with Crippen LogP contribution in [0.15, 0.2) is 93.7 Å². The first-order chi connectivity index (χ1) is 23.6. The van der Waals surface area contributed by atoms with Crippen LogP contribution in [0.4, 0.5) is 11.4 Å². The molecular weight excluding hydrogens is 748 g/mol. The average Bonchev–Trinajstić information content (AvgIpc) is 3.57. The van der Waals surface area contributed by atoms with Crippen molar-refractivity contribution in [3.63, 3.8) is 0 Å². The number of aliphatic carboxylic acids is 2. The van der Waals surface area contributed by atoms with Gasteiger partial charge in [0.25, 0.3) is 5.01 Å². The zero-order valence-electron chi connectivity index (χ0n) is 25.8. The van der Waals surface area contributed by atoms with E-state index in [1.165, 1.54) is 58.9 Å². The molecular formula is C32H25ClN4O9S4-2. The van der Waals surface area contributed by atoms with Crippen LogP contribution in [0.3, 0.4) is 0 Å². The molecule has 0 radical (unpaired) electrons. The summed E-state index contributed by atoms with van der Waals surface area (Å²) in [6, 6.07) is 19.9. The number of nitrogens with zero attached hydrogens (tertiary/aromatic N) is 3. The minimum Gasteiger partial charge on any atom is -0.743 e. The molecule has 1 atom stereocenters. The standard InChI is InChI=1S/C32H27ClN4O9S4/c1-19(32(40)41)35(16-30(38)39)22-8-10-23(11-9-22)50(45,46)34-17-36-25-14-21(33)7-13-26(25)47-28(36)15-29-37(18-49(42,43)44)31-24-5-3-2-4-20(24)6-12-27(31)48-29/h2-15,19,34H,16-18H2,1H3,(H2-,38,39,40,41,42,43,44)/p-2. The number of anilines is 2. The van der Waals surface area contributed by atoms with Gasteiger partial charge >= 0.3 is 0 Å². The summed E-state index contributed by atoms with van der Waals surface area (Å²) in [6.45, 7) is 0.179. The van der Waals surface area contributed by atoms with Crippen LogP contribution in [0.25, 0.3) is 27.1 Å². The molecule has 13 nitrogen and oxygen atoms in total. The first kappa shape index (κ1) is 35.6. The number of carboxylic acid groups (broad SMARTS) is 2. The molecule has 1 aromatic heterocycles. The van der Waals surface area contributed by atoms with E-state index in [9.17, 15) is 41.2 Å². The fourth-order valence-corrected chi connectivity index (χ4v) is 9.55. The molecule has 1 aliphatic heterocycles. The molecule has 0 saturated carbocycles. The van der Waals surface area contributed by atoms with Crippen molar-refractivity contribution in [1.29, 1.82) is 0 Å². The van der Waals surface area contributed by atoms with Crippen molar-refractivity contribution in [3.05, 3.63) is 93.9 Å². The number of hydrogen-bond acceptors (Lipinski definition) is 13. The van der Waals surface area contributed by atoms with Crippen LogP contribution >= 0.6 is 34.7 Å². The van der Waals surface area contributed by atoms with Crippen molar-refractivity contribution in [1.82, 2.24) is 4.72 Å². The fourth-order valence-electron chi connectivity index (χ4n) is 5.49. The number of nitrogens with one attached hydrogen (secondary N) is 1. The first-order valence-electron chi connectivity index (χ1n) is 14.6. The Balaban J connectivity index is 1.35. The number of thioether (sulfide) groups is 1. The molecule has 0 aliphatic carbocycles. The topological polar surface area (TPSA) is 194 Å². The normalized spacial score (nSPS) is 14.7. The highest BCUT2D eigenvalue weighted by atomic mass is 35.5. The van der Waals surface area contributed by atoms with Crippen molar-refractivity contribution >= 4 is 105 Å². The van der Waals surface area contributed by atoms with E-state index < -0.39 is 50.5 Å². The summed E-state index contributed by atoms with van der Waals surface area (Å²) >= 11 is 8.89. The maximum Gasteiger partial charge on any atom is 0.266 e. The molecule has 5 aromatic rings. The zero-order valence-corrected chi connectivity index (χ0v) is 29.8. The highest BCUT2D eigenvalue weighted by molar-refractivity contribution is 8.04. The van der Waals surface area contributed by atoms with Crippen molar-refractivity contribution in [3.8, 4) is 0 Å². The number of halogens is 1. The highest BCUT2D eigenvalue weighted by Gasteiger charge is 2.31. The number of hydrogen-bond donors (Lipinski definition) is 1. The Morgan fingerprint density at radius 1 is 1.02 bits per heavy atom. The van der Waals surface area contributed by atoms with Gasteiger partial charge in [0.05, 0.1) is 58.3 Å². The monoisotopic (exact) mass is 772 g/mol. The van der Waals surface area contributed by atoms with E-state index in [0.717, 1.165) is 25.3 Å². The number of carbonyl (C=O) groups excluding carboxylic acids is 2. The third kappa shape index (κ3) is 7.44. The predicted molar refractivity (Wildman–Crippen MR) is 185 cm³/mol. The van der Waals surface area contributed by atoms with Crippen molar-refractivity contribution < 1.29 is 45.8 Å². The molecule has 50 heavy (non-hydrogen) atoms. The van der Waals surface area contributed by atoms with E-state index in [1.54, 1.807) is 29.2 Å². The van der Waals surface area contributed by atoms with Crippen LogP contribution in [-0.2, 0) is 35.6 Å². The first-order valence-corrected chi connectivity index (χ1v) is 19.7. The SMILES string of the molecule is CC(C(=O)[O-])N(CC(=O)[O-])c1ccc(S(=O)(=O)NCN2/C(=C/c3sc4ccc5ccccc5c4[n+]3CS(=O)(=O)[O-])Sc3ccc(Cl)cc32)cc1. The summed E-state index contributed by atoms with van der Waals surface area (Å²) < 4.78 is 68.0. The van der Waals surface area contributed by atoms with E-state index >= 15 is 0 Å². The van der Waals surface area contributed by atoms with Gasteiger partial charge in [0, 0.05) is 15.6 Å². The average molecular weight is 773 g/mol. The maximum atomic E-state index is 13.5. The lowest BCUT2D eigenvalue weighted by Gasteiger charge is -2.32. The zero-order chi connectivity index (χ0) is 36.0. The minimum atomic E-state index is -4.73. The largest absolute Gasteiger partial charge is 0.743 e. The van der Waals surface area contributed by atoms with Crippen LogP contribution in [0.5, 0.6) is 0 Å². The van der Waals surface area contributed by atoms with E-state index in [0.29, 0.717) is 26.3 Å². The number of sulfonamides is 1. The summed E-state index contributed by atoms with van der Waals surface area (Å²) in [7, 11) is -8.92. The summed E-state index contributed by atoms with van der Waals surface area (Å²) in [5, 5.41) is 25.6. The van der Waals surface area contributed by atoms with Gasteiger partial charge in [0.1, 0.15) is 4.70 Å². The summed E-state index contributed by atoms with van der Waals surface area (Å²) in [5.74, 6) is -3.89. The summed E-state index contributed by atoms with van der Waals surface area (Å²) in [6.07, 6.45) is 1.69. The van der Waals surface area contributed by atoms with Crippen molar-refractivity contribution in [2.75, 3.05) is 23.0 Å². The molecule has 4 aromatic carbocycles. The molecule has 6 rings (SSSR count). The highest BCUT2D eigenvalue weighted by Crippen LogP contribution is 2.47. The molecule has 0 spiro atoms. The molecule has 2 heterocycles. The Morgan fingerprint density at radius 3 is 2.42 bits per heavy atom. The molecule has 0 saturated heterocycles. The van der Waals surface area contributed by atoms with Crippen LogP contribution in [-0.4, -0.2) is 52.6 Å². The van der Waals surface area contributed by atoms with Crippen LogP contribution < -0.4 is 29.3 Å². The van der Waals surface area contributed by atoms with Crippen LogP contribution in [0, 0.1) is 0 Å². The lowest BCUT2D eigenvalue weighted by Crippen LogP contribution is -2.50. The van der Waals surface area contributed by atoms with E-state index in [2.05, 4.69) is 4.72 Å². The number of aromatic nitrogens is 1. The van der Waals surface area contributed by atoms with E-state index in [-0.39, 0.29) is 17.3 Å². The van der Waals surface area contributed by atoms with E-state index in [1.807, 2.05) is 36.4 Å². The Hall–Kier alpha value is -4.23. The molecule has 18 heteroatoms. The predicted octanol–water partition coefficient (Wildman–Crippen LogP) is 2.04. The van der Waals surface area contributed by atoms with Crippen LogP contribution in [0.2, 0.25) is 5.02 Å². The third-order valence-corrected chi connectivity index (χ3v) is 12.3. The van der Waals surface area contributed by atoms with Gasteiger partial charge in [-0.25, -0.2) is 16.8 Å². The van der Waals surface area contributed by atoms with Gasteiger partial charge in [0.15, 0.2) is 10.1 Å². The Morgan fingerprint density at radius 2 is 1.74 bits per heavy atom. The summed E-state index contributed by atoms with van der Waals surface area (Å²) in [5.41, 5.74) is 1.28. The van der Waals surface area contributed by atoms with E-state index in [4.69, 9.17) is 11.6 Å². The van der Waals surface area contributed by atoms with Gasteiger partial charge in [-0.15, -0.1) is 0 Å². The second kappa shape index (κ2) is 13.8. The third-order valence-electron chi connectivity index (χ3n) is 7.84. The van der Waals surface area contributed by atoms with Gasteiger partial charge < -0.3 is 34.2 Å². The molecule has 0 fully saturated rings. The summed E-state index contributed by atoms with van der Waals surface area (Å²) in [4.78, 5) is 25.9. The second-order valence-corrected chi connectivity index (χ2v) is 16.8. The molecule has 1 unspecified atom stereocenters. The lowest BCUT2D eigenvalue weighted by atomic mass is 10.1. The Kier molecular flexibility index (Phi) is 9.84. The van der Waals surface area contributed by atoms with Gasteiger partial charge in [-0.2, -0.15) is 9.29 Å². The Bertz CT molecular complexity index is 2420. The van der Waals surface area contributed by atoms with Crippen LogP contribution in [0.1, 0.15) is 11.9 Å². The molecule has 0 amide bonds. The number of rotatable bonds is 12. The quantitative estimate of drug-likeness (QED) is 0.144. The fraction of sp³-hybridized carbons (Fsp3) is 0.156.